The first-order valence-electron chi connectivity index (χ1n) is 10.3. The van der Waals surface area contributed by atoms with E-state index in [0.717, 1.165) is 25.0 Å². The number of hydrogen-bond acceptors (Lipinski definition) is 5. The molecule has 6 nitrogen and oxygen atoms in total. The van der Waals surface area contributed by atoms with Gasteiger partial charge < -0.3 is 4.74 Å². The molecule has 4 aromatic rings. The molecule has 5 rings (SSSR count). The summed E-state index contributed by atoms with van der Waals surface area (Å²) >= 11 is 0. The Morgan fingerprint density at radius 3 is 2.65 bits per heavy atom. The number of H-pyrrole nitrogens is 1. The predicted molar refractivity (Wildman–Crippen MR) is 117 cm³/mol. The van der Waals surface area contributed by atoms with Crippen molar-refractivity contribution in [2.75, 3.05) is 26.2 Å². The van der Waals surface area contributed by atoms with Gasteiger partial charge in [0.2, 0.25) is 9.84 Å². The average Bonchev–Trinajstić information content (AvgIpc) is 3.43. The number of nitrogens with zero attached hydrogens (tertiary/aromatic N) is 2. The molecule has 0 amide bonds. The number of likely N-dealkylation sites (tertiary alicyclic amines) is 1. The third-order valence-corrected chi connectivity index (χ3v) is 7.48. The second kappa shape index (κ2) is 7.94. The number of hydrogen-bond donors (Lipinski definition) is 1. The third kappa shape index (κ3) is 3.66. The molecule has 160 valence electrons. The van der Waals surface area contributed by atoms with Gasteiger partial charge in [0.15, 0.2) is 5.03 Å². The molecule has 0 aliphatic carbocycles. The largest absolute Gasteiger partial charge is 0.490 e. The summed E-state index contributed by atoms with van der Waals surface area (Å²) in [5, 5.41) is 8.20. The normalized spacial score (nSPS) is 15.1. The van der Waals surface area contributed by atoms with Crippen LogP contribution < -0.4 is 4.74 Å². The summed E-state index contributed by atoms with van der Waals surface area (Å²) in [4.78, 5) is 2.43. The highest BCUT2D eigenvalue weighted by Gasteiger charge is 2.27. The molecule has 2 heterocycles. The lowest BCUT2D eigenvalue weighted by atomic mass is 10.1. The minimum atomic E-state index is -3.99. The van der Waals surface area contributed by atoms with E-state index in [1.54, 1.807) is 24.3 Å². The number of benzene rings is 3. The number of rotatable bonds is 6. The Labute approximate surface area is 179 Å². The predicted octanol–water partition coefficient (Wildman–Crippen LogP) is 4.16. The van der Waals surface area contributed by atoms with Crippen molar-refractivity contribution in [3.63, 3.8) is 0 Å². The van der Waals surface area contributed by atoms with Gasteiger partial charge in [0.25, 0.3) is 0 Å². The first-order valence-corrected chi connectivity index (χ1v) is 11.8. The van der Waals surface area contributed by atoms with Gasteiger partial charge in [0, 0.05) is 23.4 Å². The highest BCUT2D eigenvalue weighted by Crippen LogP contribution is 2.34. The van der Waals surface area contributed by atoms with Crippen molar-refractivity contribution in [3.8, 4) is 5.75 Å². The smallest absolute Gasteiger partial charge is 0.226 e. The fraction of sp³-hybridized carbons (Fsp3) is 0.261. The molecule has 1 aliphatic heterocycles. The lowest BCUT2D eigenvalue weighted by Gasteiger charge is -2.15. The Kier molecular flexibility index (Phi) is 5.11. The molecule has 31 heavy (non-hydrogen) atoms. The number of ether oxygens (including phenoxy) is 1. The molecule has 1 fully saturated rings. The molecule has 0 unspecified atom stereocenters. The molecule has 0 bridgehead atoms. The zero-order valence-electron chi connectivity index (χ0n) is 16.8. The highest BCUT2D eigenvalue weighted by molar-refractivity contribution is 7.91. The standard InChI is InChI=1S/C23H22FN3O3S/c24-17-14-19-22(20(15-17)30-13-12-27-10-3-4-11-27)25-26-23(19)31(28,29)21-9-5-7-16-6-1-2-8-18(16)21/h1-2,5-9,14-15H,3-4,10-13H2,(H,25,26). The van der Waals surface area contributed by atoms with Crippen LogP contribution in [-0.4, -0.2) is 49.8 Å². The molecule has 0 saturated carbocycles. The van der Waals surface area contributed by atoms with E-state index in [-0.39, 0.29) is 21.1 Å². The summed E-state index contributed by atoms with van der Waals surface area (Å²) in [5.41, 5.74) is 0.377. The summed E-state index contributed by atoms with van der Waals surface area (Å²) in [5.74, 6) is -0.305. The molecule has 1 aromatic heterocycles. The van der Waals surface area contributed by atoms with Crippen molar-refractivity contribution in [2.45, 2.75) is 22.8 Å². The van der Waals surface area contributed by atoms with E-state index < -0.39 is 15.7 Å². The topological polar surface area (TPSA) is 75.3 Å². The van der Waals surface area contributed by atoms with E-state index in [2.05, 4.69) is 15.1 Å². The molecular weight excluding hydrogens is 417 g/mol. The van der Waals surface area contributed by atoms with Crippen LogP contribution in [-0.2, 0) is 9.84 Å². The van der Waals surface area contributed by atoms with Gasteiger partial charge in [-0.15, -0.1) is 0 Å². The van der Waals surface area contributed by atoms with Gasteiger partial charge in [-0.1, -0.05) is 36.4 Å². The van der Waals surface area contributed by atoms with Crippen molar-refractivity contribution in [1.82, 2.24) is 15.1 Å². The Morgan fingerprint density at radius 2 is 1.81 bits per heavy atom. The second-order valence-corrected chi connectivity index (χ2v) is 9.57. The third-order valence-electron chi connectivity index (χ3n) is 5.72. The van der Waals surface area contributed by atoms with Crippen LogP contribution in [0.2, 0.25) is 0 Å². The Balaban J connectivity index is 1.53. The summed E-state index contributed by atoms with van der Waals surface area (Å²) in [6.45, 7) is 3.22. The van der Waals surface area contributed by atoms with Gasteiger partial charge in [-0.3, -0.25) is 10.00 Å². The van der Waals surface area contributed by atoms with Gasteiger partial charge in [0.1, 0.15) is 23.7 Å². The van der Waals surface area contributed by atoms with Crippen LogP contribution in [0.5, 0.6) is 5.75 Å². The molecule has 3 aromatic carbocycles. The van der Waals surface area contributed by atoms with Crippen molar-refractivity contribution in [3.05, 3.63) is 60.4 Å². The van der Waals surface area contributed by atoms with Crippen molar-refractivity contribution < 1.29 is 17.5 Å². The molecule has 1 aliphatic rings. The molecule has 1 N–H and O–H groups in total. The van der Waals surface area contributed by atoms with Crippen molar-refractivity contribution in [1.29, 1.82) is 0 Å². The van der Waals surface area contributed by atoms with Crippen LogP contribution >= 0.6 is 0 Å². The first kappa shape index (κ1) is 20.0. The molecule has 0 spiro atoms. The lowest BCUT2D eigenvalue weighted by Crippen LogP contribution is -2.25. The van der Waals surface area contributed by atoms with Gasteiger partial charge in [-0.25, -0.2) is 12.8 Å². The maximum Gasteiger partial charge on any atom is 0.226 e. The Bertz CT molecular complexity index is 1360. The van der Waals surface area contributed by atoms with E-state index >= 15 is 0 Å². The maximum absolute atomic E-state index is 14.4. The number of nitrogens with one attached hydrogen (secondary N) is 1. The van der Waals surface area contributed by atoms with Crippen molar-refractivity contribution in [2.24, 2.45) is 0 Å². The number of aromatic nitrogens is 2. The fourth-order valence-corrected chi connectivity index (χ4v) is 5.73. The number of sulfone groups is 1. The van der Waals surface area contributed by atoms with Crippen LogP contribution in [0.1, 0.15) is 12.8 Å². The van der Waals surface area contributed by atoms with Crippen LogP contribution in [0.3, 0.4) is 0 Å². The Morgan fingerprint density at radius 1 is 1.03 bits per heavy atom. The summed E-state index contributed by atoms with van der Waals surface area (Å²) in [6.07, 6.45) is 2.36. The van der Waals surface area contributed by atoms with Crippen LogP contribution in [0, 0.1) is 5.82 Å². The van der Waals surface area contributed by atoms with Gasteiger partial charge in [-0.05, 0) is 43.5 Å². The van der Waals surface area contributed by atoms with Crippen LogP contribution in [0.15, 0.2) is 64.5 Å². The average molecular weight is 440 g/mol. The monoisotopic (exact) mass is 439 g/mol. The minimum Gasteiger partial charge on any atom is -0.490 e. The summed E-state index contributed by atoms with van der Waals surface area (Å²) < 4.78 is 47.2. The minimum absolute atomic E-state index is 0.139. The number of halogens is 1. The molecular formula is C23H22FN3O3S. The molecule has 0 radical (unpaired) electrons. The fourth-order valence-electron chi connectivity index (χ4n) is 4.18. The molecule has 1 saturated heterocycles. The summed E-state index contributed by atoms with van der Waals surface area (Å²) in [7, 11) is -3.99. The van der Waals surface area contributed by atoms with E-state index in [1.807, 2.05) is 18.2 Å². The van der Waals surface area contributed by atoms with E-state index in [1.165, 1.54) is 25.0 Å². The van der Waals surface area contributed by atoms with E-state index in [9.17, 15) is 12.8 Å². The maximum atomic E-state index is 14.4. The second-order valence-electron chi connectivity index (χ2n) is 7.73. The van der Waals surface area contributed by atoms with Gasteiger partial charge in [0.05, 0.1) is 4.90 Å². The molecule has 8 heteroatoms. The number of fused-ring (bicyclic) bond motifs is 2. The van der Waals surface area contributed by atoms with E-state index in [0.29, 0.717) is 17.5 Å². The van der Waals surface area contributed by atoms with Crippen LogP contribution in [0.25, 0.3) is 21.7 Å². The Hall–Kier alpha value is -2.97. The van der Waals surface area contributed by atoms with Crippen LogP contribution in [0.4, 0.5) is 4.39 Å². The van der Waals surface area contributed by atoms with Gasteiger partial charge in [-0.2, -0.15) is 5.10 Å². The zero-order valence-corrected chi connectivity index (χ0v) is 17.7. The number of aromatic amines is 1. The first-order chi connectivity index (χ1) is 15.0. The van der Waals surface area contributed by atoms with Gasteiger partial charge >= 0.3 is 0 Å². The lowest BCUT2D eigenvalue weighted by molar-refractivity contribution is 0.238. The van der Waals surface area contributed by atoms with E-state index in [4.69, 9.17) is 4.74 Å². The highest BCUT2D eigenvalue weighted by atomic mass is 32.2. The summed E-state index contributed by atoms with van der Waals surface area (Å²) in [6, 6.07) is 14.8. The zero-order chi connectivity index (χ0) is 21.4. The van der Waals surface area contributed by atoms with Crippen molar-refractivity contribution >= 4 is 31.5 Å². The molecule has 0 atom stereocenters. The quantitative estimate of drug-likeness (QED) is 0.488. The SMILES string of the molecule is O=S(=O)(c1cccc2ccccc12)c1n[nH]c2c(OCCN3CCCC3)cc(F)cc12.